The van der Waals surface area contributed by atoms with Crippen molar-refractivity contribution in [3.05, 3.63) is 75.7 Å². The van der Waals surface area contributed by atoms with Gasteiger partial charge in [0.25, 0.3) is 0 Å². The Labute approximate surface area is 145 Å². The first kappa shape index (κ1) is 13.9. The van der Waals surface area contributed by atoms with Gasteiger partial charge in [-0.15, -0.1) is 0 Å². The Morgan fingerprint density at radius 1 is 0.682 bits per heavy atom. The van der Waals surface area contributed by atoms with Crippen molar-refractivity contribution < 1.29 is 4.74 Å². The molecule has 0 bridgehead atoms. The fraction of sp³-hybridized carbons (Fsp3) is 0. The Hall–Kier alpha value is -1.78. The van der Waals surface area contributed by atoms with Crippen LogP contribution in [0.15, 0.2) is 75.7 Å². The Balaban J connectivity index is 1.98. The maximum absolute atomic E-state index is 6.02. The molecule has 22 heavy (non-hydrogen) atoms. The summed E-state index contributed by atoms with van der Waals surface area (Å²) in [6.45, 7) is 0. The number of anilines is 3. The van der Waals surface area contributed by atoms with Crippen LogP contribution in [0.5, 0.6) is 11.5 Å². The molecule has 3 aromatic rings. The molecule has 0 radical (unpaired) electrons. The predicted molar refractivity (Wildman–Crippen MR) is 96.6 cm³/mol. The monoisotopic (exact) mass is 415 g/mol. The van der Waals surface area contributed by atoms with Crippen molar-refractivity contribution in [3.8, 4) is 11.5 Å². The number of halogens is 2. The largest absolute Gasteiger partial charge is 0.453 e. The molecule has 1 aliphatic heterocycles. The van der Waals surface area contributed by atoms with Gasteiger partial charge in [-0.25, -0.2) is 0 Å². The standard InChI is InChI=1S/C18H11Br2NO/c19-12-9-13(20)11-14(10-12)21-15-5-1-3-7-17(15)22-18-8-4-2-6-16(18)21/h1-11H. The highest BCUT2D eigenvalue weighted by molar-refractivity contribution is 9.11. The van der Waals surface area contributed by atoms with Crippen LogP contribution in [0.2, 0.25) is 0 Å². The topological polar surface area (TPSA) is 12.5 Å². The molecule has 0 amide bonds. The average molecular weight is 417 g/mol. The normalized spacial score (nSPS) is 12.4. The van der Waals surface area contributed by atoms with Gasteiger partial charge in [0.05, 0.1) is 11.4 Å². The van der Waals surface area contributed by atoms with Gasteiger partial charge in [0.1, 0.15) is 0 Å². The first-order valence-electron chi connectivity index (χ1n) is 6.84. The summed E-state index contributed by atoms with van der Waals surface area (Å²) in [7, 11) is 0. The van der Waals surface area contributed by atoms with Crippen LogP contribution in [-0.4, -0.2) is 0 Å². The number of benzene rings is 3. The van der Waals surface area contributed by atoms with Crippen LogP contribution < -0.4 is 9.64 Å². The molecule has 1 heterocycles. The Morgan fingerprint density at radius 3 is 1.73 bits per heavy atom. The molecule has 1 aliphatic rings. The summed E-state index contributed by atoms with van der Waals surface area (Å²) in [5.41, 5.74) is 3.14. The molecule has 4 rings (SSSR count). The van der Waals surface area contributed by atoms with Gasteiger partial charge in [0, 0.05) is 14.6 Å². The molecule has 0 aliphatic carbocycles. The summed E-state index contributed by atoms with van der Waals surface area (Å²) < 4.78 is 8.08. The van der Waals surface area contributed by atoms with Crippen LogP contribution in [0.1, 0.15) is 0 Å². The molecule has 0 saturated carbocycles. The maximum Gasteiger partial charge on any atom is 0.151 e. The third-order valence-electron chi connectivity index (χ3n) is 3.54. The minimum absolute atomic E-state index is 0.859. The minimum Gasteiger partial charge on any atom is -0.453 e. The van der Waals surface area contributed by atoms with Gasteiger partial charge in [0.15, 0.2) is 11.5 Å². The smallest absolute Gasteiger partial charge is 0.151 e. The van der Waals surface area contributed by atoms with Gasteiger partial charge in [-0.1, -0.05) is 56.1 Å². The third kappa shape index (κ3) is 2.32. The fourth-order valence-electron chi connectivity index (χ4n) is 2.65. The Bertz CT molecular complexity index is 797. The van der Waals surface area contributed by atoms with Crippen molar-refractivity contribution in [2.24, 2.45) is 0 Å². The van der Waals surface area contributed by atoms with Gasteiger partial charge in [0.2, 0.25) is 0 Å². The Kier molecular flexibility index (Phi) is 3.43. The van der Waals surface area contributed by atoms with Crippen molar-refractivity contribution in [3.63, 3.8) is 0 Å². The fourth-order valence-corrected chi connectivity index (χ4v) is 3.92. The van der Waals surface area contributed by atoms with Crippen molar-refractivity contribution in [1.29, 1.82) is 0 Å². The SMILES string of the molecule is Brc1cc(Br)cc(N2c3ccccc3Oc3ccccc32)c1. The number of nitrogens with zero attached hydrogens (tertiary/aromatic N) is 1. The quantitative estimate of drug-likeness (QED) is 0.338. The number of fused-ring (bicyclic) bond motifs is 2. The third-order valence-corrected chi connectivity index (χ3v) is 4.45. The molecule has 0 unspecified atom stereocenters. The van der Waals surface area contributed by atoms with E-state index in [2.05, 4.69) is 61.0 Å². The second-order valence-corrected chi connectivity index (χ2v) is 6.83. The van der Waals surface area contributed by atoms with Crippen LogP contribution in [0.25, 0.3) is 0 Å². The summed E-state index contributed by atoms with van der Waals surface area (Å²) >= 11 is 7.14. The average Bonchev–Trinajstić information content (AvgIpc) is 2.51. The van der Waals surface area contributed by atoms with E-state index >= 15 is 0 Å². The highest BCUT2D eigenvalue weighted by atomic mass is 79.9. The first-order valence-corrected chi connectivity index (χ1v) is 8.43. The van der Waals surface area contributed by atoms with Gasteiger partial charge in [-0.2, -0.15) is 0 Å². The van der Waals surface area contributed by atoms with Crippen molar-refractivity contribution in [2.75, 3.05) is 4.90 Å². The molecule has 4 heteroatoms. The zero-order valence-electron chi connectivity index (χ0n) is 11.5. The van der Waals surface area contributed by atoms with Crippen molar-refractivity contribution >= 4 is 48.9 Å². The second-order valence-electron chi connectivity index (χ2n) is 5.00. The molecule has 0 saturated heterocycles. The number of ether oxygens (including phenoxy) is 1. The number of para-hydroxylation sites is 4. The minimum atomic E-state index is 0.859. The van der Waals surface area contributed by atoms with Gasteiger partial charge < -0.3 is 9.64 Å². The predicted octanol–water partition coefficient (Wildman–Crippen LogP) is 6.79. The summed E-state index contributed by atoms with van der Waals surface area (Å²) in [6, 6.07) is 22.4. The van der Waals surface area contributed by atoms with Crippen LogP contribution >= 0.6 is 31.9 Å². The van der Waals surface area contributed by atoms with Crippen LogP contribution in [-0.2, 0) is 0 Å². The summed E-state index contributed by atoms with van der Waals surface area (Å²) in [5.74, 6) is 1.72. The molecule has 0 fully saturated rings. The summed E-state index contributed by atoms with van der Waals surface area (Å²) in [5, 5.41) is 0. The van der Waals surface area contributed by atoms with E-state index in [0.717, 1.165) is 37.5 Å². The van der Waals surface area contributed by atoms with Gasteiger partial charge >= 0.3 is 0 Å². The molecule has 2 nitrogen and oxygen atoms in total. The molecular weight excluding hydrogens is 406 g/mol. The lowest BCUT2D eigenvalue weighted by molar-refractivity contribution is 0.477. The van der Waals surface area contributed by atoms with Crippen LogP contribution in [0.3, 0.4) is 0 Å². The number of hydrogen-bond donors (Lipinski definition) is 0. The van der Waals surface area contributed by atoms with E-state index in [-0.39, 0.29) is 0 Å². The molecule has 108 valence electrons. The van der Waals surface area contributed by atoms with E-state index in [1.165, 1.54) is 0 Å². The second kappa shape index (κ2) is 5.45. The zero-order valence-corrected chi connectivity index (χ0v) is 14.6. The van der Waals surface area contributed by atoms with E-state index in [0.29, 0.717) is 0 Å². The molecule has 0 atom stereocenters. The number of rotatable bonds is 1. The zero-order chi connectivity index (χ0) is 15.1. The van der Waals surface area contributed by atoms with E-state index in [1.807, 2.05) is 42.5 Å². The lowest BCUT2D eigenvalue weighted by atomic mass is 10.1. The lowest BCUT2D eigenvalue weighted by Crippen LogP contribution is -2.15. The van der Waals surface area contributed by atoms with Crippen LogP contribution in [0.4, 0.5) is 17.1 Å². The molecular formula is C18H11Br2NO. The summed E-state index contributed by atoms with van der Waals surface area (Å²) in [6.07, 6.45) is 0. The van der Waals surface area contributed by atoms with Gasteiger partial charge in [-0.3, -0.25) is 0 Å². The van der Waals surface area contributed by atoms with E-state index in [1.54, 1.807) is 0 Å². The van der Waals surface area contributed by atoms with Crippen LogP contribution in [0, 0.1) is 0 Å². The molecule has 3 aromatic carbocycles. The van der Waals surface area contributed by atoms with E-state index < -0.39 is 0 Å². The highest BCUT2D eigenvalue weighted by Gasteiger charge is 2.25. The van der Waals surface area contributed by atoms with Crippen molar-refractivity contribution in [1.82, 2.24) is 0 Å². The highest BCUT2D eigenvalue weighted by Crippen LogP contribution is 2.50. The first-order chi connectivity index (χ1) is 10.7. The van der Waals surface area contributed by atoms with Crippen molar-refractivity contribution in [2.45, 2.75) is 0 Å². The molecule has 0 aromatic heterocycles. The Morgan fingerprint density at radius 2 is 1.18 bits per heavy atom. The maximum atomic E-state index is 6.02. The van der Waals surface area contributed by atoms with E-state index in [9.17, 15) is 0 Å². The molecule has 0 spiro atoms. The summed E-state index contributed by atoms with van der Waals surface area (Å²) in [4.78, 5) is 2.21. The van der Waals surface area contributed by atoms with Gasteiger partial charge in [-0.05, 0) is 42.5 Å². The van der Waals surface area contributed by atoms with E-state index in [4.69, 9.17) is 4.74 Å². The molecule has 0 N–H and O–H groups in total. The number of hydrogen-bond acceptors (Lipinski definition) is 2. The lowest BCUT2D eigenvalue weighted by Gasteiger charge is -2.32.